The highest BCUT2D eigenvalue weighted by molar-refractivity contribution is 9.10. The molecule has 0 radical (unpaired) electrons. The quantitative estimate of drug-likeness (QED) is 0.878. The zero-order valence-corrected chi connectivity index (χ0v) is 11.1. The summed E-state index contributed by atoms with van der Waals surface area (Å²) in [7, 11) is 0. The van der Waals surface area contributed by atoms with Gasteiger partial charge in [-0.3, -0.25) is 9.78 Å². The van der Waals surface area contributed by atoms with Crippen LogP contribution in [0.3, 0.4) is 0 Å². The summed E-state index contributed by atoms with van der Waals surface area (Å²) in [6.07, 6.45) is 1.68. The SMILES string of the molecule is O=c1[nH]c(-c2ncccc2Br)nc2c1CSC2. The lowest BCUT2D eigenvalue weighted by molar-refractivity contribution is 1.02. The number of aromatic amines is 1. The predicted octanol–water partition coefficient (Wildman–Crippen LogP) is 2.34. The molecule has 17 heavy (non-hydrogen) atoms. The standard InChI is InChI=1S/C11H8BrN3OS/c12-7-2-1-3-13-9(7)10-14-8-5-17-4-6(8)11(16)15-10/h1-3H,4-5H2,(H,14,15,16). The first-order chi connectivity index (χ1) is 8.25. The van der Waals surface area contributed by atoms with Gasteiger partial charge < -0.3 is 4.98 Å². The number of hydrogen-bond donors (Lipinski definition) is 1. The van der Waals surface area contributed by atoms with E-state index in [0.717, 1.165) is 27.2 Å². The van der Waals surface area contributed by atoms with Crippen LogP contribution in [0.15, 0.2) is 27.6 Å². The van der Waals surface area contributed by atoms with E-state index in [0.29, 0.717) is 11.5 Å². The number of nitrogens with one attached hydrogen (secondary N) is 1. The largest absolute Gasteiger partial charge is 0.305 e. The number of thioether (sulfide) groups is 1. The number of aromatic nitrogens is 3. The number of pyridine rings is 1. The Morgan fingerprint density at radius 2 is 2.29 bits per heavy atom. The molecule has 0 saturated heterocycles. The molecule has 1 aliphatic heterocycles. The molecule has 1 aliphatic rings. The Hall–Kier alpha value is -1.14. The van der Waals surface area contributed by atoms with E-state index in [9.17, 15) is 4.79 Å². The Bertz CT molecular complexity index is 641. The maximum Gasteiger partial charge on any atom is 0.255 e. The summed E-state index contributed by atoms with van der Waals surface area (Å²) in [6, 6.07) is 3.71. The molecule has 3 heterocycles. The molecule has 0 spiro atoms. The van der Waals surface area contributed by atoms with Gasteiger partial charge in [-0.25, -0.2) is 4.98 Å². The highest BCUT2D eigenvalue weighted by atomic mass is 79.9. The summed E-state index contributed by atoms with van der Waals surface area (Å²) in [5.41, 5.74) is 2.30. The van der Waals surface area contributed by atoms with Gasteiger partial charge in [-0.2, -0.15) is 11.8 Å². The van der Waals surface area contributed by atoms with Gasteiger partial charge in [0.05, 0.1) is 5.69 Å². The zero-order chi connectivity index (χ0) is 11.8. The van der Waals surface area contributed by atoms with Crippen LogP contribution in [-0.2, 0) is 11.5 Å². The van der Waals surface area contributed by atoms with E-state index in [1.807, 2.05) is 12.1 Å². The lowest BCUT2D eigenvalue weighted by atomic mass is 10.2. The molecule has 0 saturated carbocycles. The van der Waals surface area contributed by atoms with E-state index >= 15 is 0 Å². The molecule has 86 valence electrons. The first-order valence-corrected chi connectivity index (χ1v) is 7.01. The van der Waals surface area contributed by atoms with Gasteiger partial charge in [0.1, 0.15) is 5.69 Å². The lowest BCUT2D eigenvalue weighted by Crippen LogP contribution is -2.15. The Morgan fingerprint density at radius 1 is 1.41 bits per heavy atom. The summed E-state index contributed by atoms with van der Waals surface area (Å²) in [6.45, 7) is 0. The van der Waals surface area contributed by atoms with Crippen LogP contribution < -0.4 is 5.56 Å². The van der Waals surface area contributed by atoms with E-state index in [-0.39, 0.29) is 5.56 Å². The number of H-pyrrole nitrogens is 1. The molecular weight excluding hydrogens is 302 g/mol. The molecule has 0 aliphatic carbocycles. The molecule has 0 unspecified atom stereocenters. The van der Waals surface area contributed by atoms with Gasteiger partial charge in [-0.15, -0.1) is 0 Å². The zero-order valence-electron chi connectivity index (χ0n) is 8.74. The fourth-order valence-corrected chi connectivity index (χ4v) is 3.21. The van der Waals surface area contributed by atoms with Gasteiger partial charge in [0.25, 0.3) is 5.56 Å². The Kier molecular flexibility index (Phi) is 2.76. The molecule has 0 amide bonds. The molecule has 6 heteroatoms. The summed E-state index contributed by atoms with van der Waals surface area (Å²) in [5.74, 6) is 2.08. The summed E-state index contributed by atoms with van der Waals surface area (Å²) in [4.78, 5) is 23.4. The van der Waals surface area contributed by atoms with Crippen molar-refractivity contribution in [2.75, 3.05) is 0 Å². The van der Waals surface area contributed by atoms with Gasteiger partial charge in [-0.05, 0) is 28.1 Å². The number of nitrogens with zero attached hydrogens (tertiary/aromatic N) is 2. The third-order valence-corrected chi connectivity index (χ3v) is 4.18. The number of halogens is 1. The normalized spacial score (nSPS) is 13.7. The maximum absolute atomic E-state index is 11.9. The molecular formula is C11H8BrN3OS. The highest BCUT2D eigenvalue weighted by Crippen LogP contribution is 2.28. The first-order valence-electron chi connectivity index (χ1n) is 5.06. The Labute approximate surface area is 110 Å². The number of fused-ring (bicyclic) bond motifs is 1. The Balaban J connectivity index is 2.20. The van der Waals surface area contributed by atoms with E-state index < -0.39 is 0 Å². The van der Waals surface area contributed by atoms with Crippen molar-refractivity contribution < 1.29 is 0 Å². The predicted molar refractivity (Wildman–Crippen MR) is 70.8 cm³/mol. The van der Waals surface area contributed by atoms with E-state index in [1.54, 1.807) is 18.0 Å². The van der Waals surface area contributed by atoms with Crippen molar-refractivity contribution >= 4 is 27.7 Å². The maximum atomic E-state index is 11.9. The fraction of sp³-hybridized carbons (Fsp3) is 0.182. The molecule has 0 aromatic carbocycles. The molecule has 0 fully saturated rings. The van der Waals surface area contributed by atoms with E-state index in [4.69, 9.17) is 0 Å². The van der Waals surface area contributed by atoms with Crippen molar-refractivity contribution in [3.63, 3.8) is 0 Å². The van der Waals surface area contributed by atoms with Crippen molar-refractivity contribution in [2.24, 2.45) is 0 Å². The minimum atomic E-state index is -0.0486. The van der Waals surface area contributed by atoms with Crippen molar-refractivity contribution in [2.45, 2.75) is 11.5 Å². The molecule has 0 atom stereocenters. The van der Waals surface area contributed by atoms with Gasteiger partial charge in [-0.1, -0.05) is 0 Å². The monoisotopic (exact) mass is 309 g/mol. The lowest BCUT2D eigenvalue weighted by Gasteiger charge is -2.04. The molecule has 4 nitrogen and oxygen atoms in total. The molecule has 2 aromatic rings. The third-order valence-electron chi connectivity index (χ3n) is 2.57. The van der Waals surface area contributed by atoms with Crippen LogP contribution in [0.25, 0.3) is 11.5 Å². The van der Waals surface area contributed by atoms with Gasteiger partial charge in [0.15, 0.2) is 5.82 Å². The van der Waals surface area contributed by atoms with Gasteiger partial charge in [0, 0.05) is 27.7 Å². The second kappa shape index (κ2) is 4.27. The van der Waals surface area contributed by atoms with Crippen molar-refractivity contribution in [3.05, 3.63) is 44.4 Å². The average molecular weight is 310 g/mol. The van der Waals surface area contributed by atoms with Crippen LogP contribution in [0.1, 0.15) is 11.3 Å². The minimum absolute atomic E-state index is 0.0486. The van der Waals surface area contributed by atoms with Crippen molar-refractivity contribution in [1.29, 1.82) is 0 Å². The summed E-state index contributed by atoms with van der Waals surface area (Å²) in [5, 5.41) is 0. The van der Waals surface area contributed by atoms with E-state index in [1.165, 1.54) is 0 Å². The van der Waals surface area contributed by atoms with E-state index in [2.05, 4.69) is 30.9 Å². The molecule has 1 N–H and O–H groups in total. The second-order valence-corrected chi connectivity index (χ2v) is 5.51. The Morgan fingerprint density at radius 3 is 3.12 bits per heavy atom. The highest BCUT2D eigenvalue weighted by Gasteiger charge is 2.19. The second-order valence-electron chi connectivity index (χ2n) is 3.67. The smallest absolute Gasteiger partial charge is 0.255 e. The first kappa shape index (κ1) is 11.0. The third kappa shape index (κ3) is 1.91. The van der Waals surface area contributed by atoms with Gasteiger partial charge >= 0.3 is 0 Å². The topological polar surface area (TPSA) is 58.6 Å². The van der Waals surface area contributed by atoms with Crippen LogP contribution in [0.5, 0.6) is 0 Å². The van der Waals surface area contributed by atoms with Crippen molar-refractivity contribution in [1.82, 2.24) is 15.0 Å². The van der Waals surface area contributed by atoms with Crippen LogP contribution in [0.2, 0.25) is 0 Å². The average Bonchev–Trinajstić information content (AvgIpc) is 2.78. The number of rotatable bonds is 1. The van der Waals surface area contributed by atoms with Crippen LogP contribution >= 0.6 is 27.7 Å². The van der Waals surface area contributed by atoms with Gasteiger partial charge in [0.2, 0.25) is 0 Å². The summed E-state index contributed by atoms with van der Waals surface area (Å²) >= 11 is 5.12. The fourth-order valence-electron chi connectivity index (χ4n) is 1.73. The summed E-state index contributed by atoms with van der Waals surface area (Å²) < 4.78 is 0.828. The minimum Gasteiger partial charge on any atom is -0.305 e. The van der Waals surface area contributed by atoms with Crippen LogP contribution in [0.4, 0.5) is 0 Å². The molecule has 3 rings (SSSR count). The molecule has 2 aromatic heterocycles. The van der Waals surface area contributed by atoms with Crippen LogP contribution in [-0.4, -0.2) is 15.0 Å². The van der Waals surface area contributed by atoms with Crippen molar-refractivity contribution in [3.8, 4) is 11.5 Å². The van der Waals surface area contributed by atoms with Crippen LogP contribution in [0, 0.1) is 0 Å². The molecule has 0 bridgehead atoms. The number of hydrogen-bond acceptors (Lipinski definition) is 4.